The maximum absolute atomic E-state index is 10.9. The molecule has 0 radical (unpaired) electrons. The van der Waals surface area contributed by atoms with E-state index in [1.807, 2.05) is 0 Å². The van der Waals surface area contributed by atoms with Crippen molar-refractivity contribution in [2.45, 2.75) is 77.7 Å². The van der Waals surface area contributed by atoms with Gasteiger partial charge in [-0.1, -0.05) is 67.4 Å². The van der Waals surface area contributed by atoms with E-state index < -0.39 is 0 Å². The summed E-state index contributed by atoms with van der Waals surface area (Å²) in [7, 11) is 0.685. The number of esters is 1. The maximum atomic E-state index is 10.9. The van der Waals surface area contributed by atoms with Crippen molar-refractivity contribution < 1.29 is 9.53 Å². The van der Waals surface area contributed by atoms with Gasteiger partial charge in [0, 0.05) is 13.1 Å². The van der Waals surface area contributed by atoms with Gasteiger partial charge in [-0.15, -0.1) is 0 Å². The minimum Gasteiger partial charge on any atom is -0.462 e. The molecule has 4 heteroatoms. The molecule has 108 valence electrons. The Balaban J connectivity index is 3.40. The lowest BCUT2D eigenvalue weighted by atomic mass is 10.1. The minimum absolute atomic E-state index is 0.125. The van der Waals surface area contributed by atoms with Crippen LogP contribution in [0.25, 0.3) is 0 Å². The molecule has 2 unspecified atom stereocenters. The lowest BCUT2D eigenvalue weighted by molar-refractivity contribution is -0.145. The molecule has 0 aliphatic carbocycles. The van der Waals surface area contributed by atoms with Crippen LogP contribution in [0.2, 0.25) is 0 Å². The van der Waals surface area contributed by atoms with Crippen molar-refractivity contribution in [1.29, 1.82) is 0 Å². The van der Waals surface area contributed by atoms with Gasteiger partial charge < -0.3 is 4.74 Å². The van der Waals surface area contributed by atoms with E-state index in [9.17, 15) is 4.79 Å². The van der Waals surface area contributed by atoms with E-state index in [2.05, 4.69) is 22.4 Å². The number of hydrogen-bond donors (Lipinski definition) is 0. The maximum Gasteiger partial charge on any atom is 0.302 e. The standard InChI is InChI=1S/C14H28BrO2P/c1-3-4-5-6-7-8-9-10-11-14(12-18-15)17-13(2)16/h14,18H,3-12H2,1-2H3. The second kappa shape index (κ2) is 13.8. The molecule has 0 bridgehead atoms. The summed E-state index contributed by atoms with van der Waals surface area (Å²) < 4.78 is 5.29. The van der Waals surface area contributed by atoms with E-state index in [1.54, 1.807) is 0 Å². The Kier molecular flexibility index (Phi) is 14.1. The smallest absolute Gasteiger partial charge is 0.302 e. The van der Waals surface area contributed by atoms with Gasteiger partial charge in [-0.25, -0.2) is 0 Å². The van der Waals surface area contributed by atoms with E-state index in [-0.39, 0.29) is 12.1 Å². The third-order valence-electron chi connectivity index (χ3n) is 3.02. The molecular weight excluding hydrogens is 311 g/mol. The summed E-state index contributed by atoms with van der Waals surface area (Å²) in [6, 6.07) is 0. The SMILES string of the molecule is CCCCCCCCCCC(CPBr)OC(C)=O. The zero-order valence-corrected chi connectivity index (χ0v) is 14.4. The summed E-state index contributed by atoms with van der Waals surface area (Å²) in [6.45, 7) is 3.75. The average Bonchev–Trinajstić information content (AvgIpc) is 2.32. The minimum atomic E-state index is -0.148. The average molecular weight is 339 g/mol. The molecule has 18 heavy (non-hydrogen) atoms. The number of carbonyl (C=O) groups is 1. The number of rotatable bonds is 12. The fraction of sp³-hybridized carbons (Fsp3) is 0.929. The molecule has 2 atom stereocenters. The van der Waals surface area contributed by atoms with Crippen LogP contribution in [0.15, 0.2) is 0 Å². The number of carbonyl (C=O) groups excluding carboxylic acids is 1. The first-order chi connectivity index (χ1) is 8.70. The third kappa shape index (κ3) is 12.8. The van der Waals surface area contributed by atoms with Crippen LogP contribution in [-0.4, -0.2) is 18.2 Å². The Bertz CT molecular complexity index is 200. The summed E-state index contributed by atoms with van der Waals surface area (Å²) in [6.07, 6.45) is 12.7. The van der Waals surface area contributed by atoms with Crippen molar-refractivity contribution in [3.8, 4) is 0 Å². The van der Waals surface area contributed by atoms with Gasteiger partial charge in [-0.3, -0.25) is 4.79 Å². The molecule has 0 saturated heterocycles. The topological polar surface area (TPSA) is 26.3 Å². The Morgan fingerprint density at radius 1 is 1.11 bits per heavy atom. The van der Waals surface area contributed by atoms with Crippen molar-refractivity contribution in [1.82, 2.24) is 0 Å². The molecule has 0 fully saturated rings. The van der Waals surface area contributed by atoms with E-state index in [0.717, 1.165) is 12.6 Å². The lowest BCUT2D eigenvalue weighted by Crippen LogP contribution is -2.18. The van der Waals surface area contributed by atoms with Gasteiger partial charge in [-0.2, -0.15) is 0 Å². The fourth-order valence-corrected chi connectivity index (χ4v) is 3.57. The largest absolute Gasteiger partial charge is 0.462 e. The van der Waals surface area contributed by atoms with Crippen LogP contribution in [0.4, 0.5) is 0 Å². The van der Waals surface area contributed by atoms with Crippen LogP contribution in [0, 0.1) is 0 Å². The molecule has 0 N–H and O–H groups in total. The molecule has 0 aliphatic rings. The molecule has 0 rings (SSSR count). The highest BCUT2D eigenvalue weighted by Gasteiger charge is 2.10. The van der Waals surface area contributed by atoms with Gasteiger partial charge in [0.2, 0.25) is 0 Å². The number of ether oxygens (including phenoxy) is 1. The van der Waals surface area contributed by atoms with E-state index >= 15 is 0 Å². The van der Waals surface area contributed by atoms with Crippen molar-refractivity contribution in [2.24, 2.45) is 0 Å². The highest BCUT2D eigenvalue weighted by Crippen LogP contribution is 2.24. The van der Waals surface area contributed by atoms with Crippen LogP contribution in [0.5, 0.6) is 0 Å². The van der Waals surface area contributed by atoms with Crippen LogP contribution in [-0.2, 0) is 9.53 Å². The van der Waals surface area contributed by atoms with Crippen LogP contribution in [0.1, 0.15) is 71.6 Å². The normalized spacial score (nSPS) is 13.1. The van der Waals surface area contributed by atoms with Crippen LogP contribution < -0.4 is 0 Å². The van der Waals surface area contributed by atoms with E-state index in [4.69, 9.17) is 4.74 Å². The van der Waals surface area contributed by atoms with Gasteiger partial charge in [0.05, 0.1) is 0 Å². The zero-order valence-electron chi connectivity index (χ0n) is 11.8. The molecule has 0 heterocycles. The number of unbranched alkanes of at least 4 members (excludes halogenated alkanes) is 7. The summed E-state index contributed by atoms with van der Waals surface area (Å²) in [5, 5.41) is 0. The van der Waals surface area contributed by atoms with Crippen molar-refractivity contribution >= 4 is 28.7 Å². The van der Waals surface area contributed by atoms with Crippen molar-refractivity contribution in [3.63, 3.8) is 0 Å². The predicted molar refractivity (Wildman–Crippen MR) is 84.9 cm³/mol. The molecule has 0 aromatic carbocycles. The fourth-order valence-electron chi connectivity index (χ4n) is 2.03. The quantitative estimate of drug-likeness (QED) is 0.269. The number of halogens is 1. The molecule has 2 nitrogen and oxygen atoms in total. The van der Waals surface area contributed by atoms with Crippen molar-refractivity contribution in [2.75, 3.05) is 6.16 Å². The van der Waals surface area contributed by atoms with E-state index in [0.29, 0.717) is 7.28 Å². The molecule has 0 aromatic heterocycles. The summed E-state index contributed by atoms with van der Waals surface area (Å²) in [5.74, 6) is -0.148. The van der Waals surface area contributed by atoms with Gasteiger partial charge >= 0.3 is 5.97 Å². The highest BCUT2D eigenvalue weighted by atomic mass is 79.9. The second-order valence-electron chi connectivity index (χ2n) is 4.83. The summed E-state index contributed by atoms with van der Waals surface area (Å²) >= 11 is 3.43. The molecule has 0 aliphatic heterocycles. The first-order valence-corrected chi connectivity index (χ1v) is 10.7. The van der Waals surface area contributed by atoms with E-state index in [1.165, 1.54) is 58.3 Å². The Labute approximate surface area is 122 Å². The molecule has 0 spiro atoms. The Morgan fingerprint density at radius 2 is 1.67 bits per heavy atom. The molecule has 0 aromatic rings. The monoisotopic (exact) mass is 338 g/mol. The van der Waals surface area contributed by atoms with Gasteiger partial charge in [0.1, 0.15) is 6.10 Å². The Morgan fingerprint density at radius 3 is 2.17 bits per heavy atom. The summed E-state index contributed by atoms with van der Waals surface area (Å²) in [5.41, 5.74) is 0. The van der Waals surface area contributed by atoms with Gasteiger partial charge in [0.15, 0.2) is 0 Å². The Hall–Kier alpha value is 0.380. The first-order valence-electron chi connectivity index (χ1n) is 7.21. The van der Waals surface area contributed by atoms with Gasteiger partial charge in [0.25, 0.3) is 0 Å². The zero-order chi connectivity index (χ0) is 13.6. The molecular formula is C14H28BrO2P. The second-order valence-corrected chi connectivity index (χ2v) is 7.19. The first kappa shape index (κ1) is 18.4. The highest BCUT2D eigenvalue weighted by molar-refractivity contribution is 9.36. The predicted octanol–water partition coefficient (Wildman–Crippen LogP) is 5.44. The summed E-state index contributed by atoms with van der Waals surface area (Å²) in [4.78, 5) is 10.9. The molecule has 0 saturated carbocycles. The van der Waals surface area contributed by atoms with Crippen LogP contribution in [0.3, 0.4) is 0 Å². The third-order valence-corrected chi connectivity index (χ3v) is 4.60. The van der Waals surface area contributed by atoms with Crippen LogP contribution >= 0.6 is 22.8 Å². The van der Waals surface area contributed by atoms with Crippen molar-refractivity contribution in [3.05, 3.63) is 0 Å². The number of hydrogen-bond acceptors (Lipinski definition) is 2. The lowest BCUT2D eigenvalue weighted by Gasteiger charge is -2.15. The van der Waals surface area contributed by atoms with Gasteiger partial charge in [-0.05, 0) is 20.1 Å². The molecule has 0 amide bonds.